The van der Waals surface area contributed by atoms with Crippen LogP contribution in [0, 0.1) is 11.3 Å². The monoisotopic (exact) mass is 273 g/mol. The Kier molecular flexibility index (Phi) is 2.77. The molecule has 0 bridgehead atoms. The van der Waals surface area contributed by atoms with Crippen LogP contribution in [0.15, 0.2) is 48.5 Å². The molecule has 1 atom stereocenters. The second-order valence-electron chi connectivity index (χ2n) is 5.43. The number of benzene rings is 2. The number of aromatic amines is 1. The molecule has 2 aromatic carbocycles. The minimum absolute atomic E-state index is 0.175. The first-order chi connectivity index (χ1) is 10.4. The van der Waals surface area contributed by atoms with Crippen molar-refractivity contribution in [2.24, 2.45) is 0 Å². The second kappa shape index (κ2) is 4.76. The first-order valence-electron chi connectivity index (χ1n) is 7.20. The summed E-state index contributed by atoms with van der Waals surface area (Å²) >= 11 is 0. The molecule has 0 aliphatic carbocycles. The lowest BCUT2D eigenvalue weighted by Crippen LogP contribution is -2.30. The Bertz CT molecular complexity index is 837. The van der Waals surface area contributed by atoms with E-state index in [1.54, 1.807) is 0 Å². The molecule has 1 aromatic heterocycles. The average Bonchev–Trinajstić information content (AvgIpc) is 2.94. The summed E-state index contributed by atoms with van der Waals surface area (Å²) in [5, 5.41) is 13.8. The van der Waals surface area contributed by atoms with Gasteiger partial charge in [0.2, 0.25) is 0 Å². The summed E-state index contributed by atoms with van der Waals surface area (Å²) in [5.74, 6) is 0. The smallest absolute Gasteiger partial charge is 0.0991 e. The van der Waals surface area contributed by atoms with Gasteiger partial charge in [-0.1, -0.05) is 30.3 Å². The first kappa shape index (κ1) is 12.2. The number of nitrogens with one attached hydrogen (secondary N) is 2. The van der Waals surface area contributed by atoms with Crippen molar-refractivity contribution in [1.29, 1.82) is 5.26 Å². The molecule has 0 saturated heterocycles. The normalized spacial score (nSPS) is 17.4. The third-order valence-corrected chi connectivity index (χ3v) is 4.23. The van der Waals surface area contributed by atoms with Gasteiger partial charge in [0.25, 0.3) is 0 Å². The van der Waals surface area contributed by atoms with Crippen molar-refractivity contribution in [1.82, 2.24) is 10.3 Å². The maximum Gasteiger partial charge on any atom is 0.0991 e. The average molecular weight is 273 g/mol. The number of fused-ring (bicyclic) bond motifs is 3. The van der Waals surface area contributed by atoms with Gasteiger partial charge in [0.1, 0.15) is 0 Å². The minimum Gasteiger partial charge on any atom is -0.357 e. The van der Waals surface area contributed by atoms with Gasteiger partial charge in [0, 0.05) is 23.1 Å². The molecule has 0 saturated carbocycles. The van der Waals surface area contributed by atoms with Crippen molar-refractivity contribution < 1.29 is 0 Å². The zero-order valence-corrected chi connectivity index (χ0v) is 11.6. The van der Waals surface area contributed by atoms with E-state index in [9.17, 15) is 0 Å². The number of nitriles is 1. The lowest BCUT2D eigenvalue weighted by Gasteiger charge is -2.24. The van der Waals surface area contributed by atoms with E-state index in [-0.39, 0.29) is 6.04 Å². The van der Waals surface area contributed by atoms with Crippen LogP contribution < -0.4 is 5.32 Å². The first-order valence-corrected chi connectivity index (χ1v) is 7.20. The van der Waals surface area contributed by atoms with Crippen LogP contribution in [0.3, 0.4) is 0 Å². The van der Waals surface area contributed by atoms with Gasteiger partial charge in [-0.05, 0) is 35.7 Å². The number of rotatable bonds is 1. The molecular weight excluding hydrogens is 258 g/mol. The summed E-state index contributed by atoms with van der Waals surface area (Å²) < 4.78 is 0. The predicted octanol–water partition coefficient (Wildman–Crippen LogP) is 3.27. The molecule has 3 nitrogen and oxygen atoms in total. The van der Waals surface area contributed by atoms with Gasteiger partial charge in [-0.15, -0.1) is 0 Å². The molecule has 0 amide bonds. The van der Waals surface area contributed by atoms with Crippen molar-refractivity contribution in [2.45, 2.75) is 12.5 Å². The van der Waals surface area contributed by atoms with Crippen molar-refractivity contribution in [3.05, 3.63) is 70.9 Å². The highest BCUT2D eigenvalue weighted by Gasteiger charge is 2.24. The summed E-state index contributed by atoms with van der Waals surface area (Å²) in [6.45, 7) is 0.972. The number of H-pyrrole nitrogens is 1. The minimum atomic E-state index is 0.175. The van der Waals surface area contributed by atoms with Crippen LogP contribution in [0.2, 0.25) is 0 Å². The van der Waals surface area contributed by atoms with Crippen LogP contribution in [0.25, 0.3) is 10.9 Å². The highest BCUT2D eigenvalue weighted by Crippen LogP contribution is 2.33. The second-order valence-corrected chi connectivity index (χ2v) is 5.43. The summed E-state index contributed by atoms with van der Waals surface area (Å²) in [4.78, 5) is 3.57. The lowest BCUT2D eigenvalue weighted by atomic mass is 9.94. The van der Waals surface area contributed by atoms with Gasteiger partial charge in [-0.3, -0.25) is 0 Å². The third kappa shape index (κ3) is 1.93. The van der Waals surface area contributed by atoms with Gasteiger partial charge in [-0.25, -0.2) is 0 Å². The fourth-order valence-corrected chi connectivity index (χ4v) is 3.21. The van der Waals surface area contributed by atoms with E-state index in [1.165, 1.54) is 27.7 Å². The summed E-state index contributed by atoms with van der Waals surface area (Å²) in [6, 6.07) is 18.7. The standard InChI is InChI=1S/C18H15N3/c19-11-12-5-7-13(8-6-12)17-18-15(9-10-20-17)14-3-1-2-4-16(14)21-18/h1-8,17,20-21H,9-10H2/t17-/m1/s1. The summed E-state index contributed by atoms with van der Waals surface area (Å²) in [7, 11) is 0. The highest BCUT2D eigenvalue weighted by molar-refractivity contribution is 5.85. The van der Waals surface area contributed by atoms with E-state index in [1.807, 2.05) is 24.3 Å². The molecule has 3 aromatic rings. The van der Waals surface area contributed by atoms with E-state index < -0.39 is 0 Å². The van der Waals surface area contributed by atoms with Crippen molar-refractivity contribution in [3.8, 4) is 6.07 Å². The number of para-hydroxylation sites is 1. The molecule has 0 fully saturated rings. The van der Waals surface area contributed by atoms with E-state index in [4.69, 9.17) is 5.26 Å². The van der Waals surface area contributed by atoms with Crippen molar-refractivity contribution in [3.63, 3.8) is 0 Å². The molecule has 3 heteroatoms. The quantitative estimate of drug-likeness (QED) is 0.715. The summed E-state index contributed by atoms with van der Waals surface area (Å²) in [5.41, 5.74) is 5.77. The lowest BCUT2D eigenvalue weighted by molar-refractivity contribution is 0.560. The number of hydrogen-bond donors (Lipinski definition) is 2. The van der Waals surface area contributed by atoms with Crippen LogP contribution >= 0.6 is 0 Å². The number of hydrogen-bond acceptors (Lipinski definition) is 2. The third-order valence-electron chi connectivity index (χ3n) is 4.23. The van der Waals surface area contributed by atoms with Crippen molar-refractivity contribution in [2.75, 3.05) is 6.54 Å². The van der Waals surface area contributed by atoms with E-state index in [0.29, 0.717) is 5.56 Å². The predicted molar refractivity (Wildman–Crippen MR) is 83.0 cm³/mol. The molecule has 0 unspecified atom stereocenters. The molecule has 0 radical (unpaired) electrons. The Morgan fingerprint density at radius 2 is 1.86 bits per heavy atom. The molecule has 1 aliphatic heterocycles. The largest absolute Gasteiger partial charge is 0.357 e. The van der Waals surface area contributed by atoms with Gasteiger partial charge >= 0.3 is 0 Å². The Balaban J connectivity index is 1.84. The van der Waals surface area contributed by atoms with Crippen LogP contribution in [0.4, 0.5) is 0 Å². The van der Waals surface area contributed by atoms with Crippen LogP contribution in [-0.4, -0.2) is 11.5 Å². The molecule has 21 heavy (non-hydrogen) atoms. The van der Waals surface area contributed by atoms with Gasteiger partial charge in [0.15, 0.2) is 0 Å². The maximum atomic E-state index is 8.92. The van der Waals surface area contributed by atoms with Gasteiger partial charge in [-0.2, -0.15) is 5.26 Å². The Morgan fingerprint density at radius 3 is 2.67 bits per heavy atom. The molecule has 2 N–H and O–H groups in total. The zero-order chi connectivity index (χ0) is 14.2. The van der Waals surface area contributed by atoms with E-state index in [0.717, 1.165) is 13.0 Å². The molecule has 2 heterocycles. The van der Waals surface area contributed by atoms with E-state index >= 15 is 0 Å². The number of nitrogens with zero attached hydrogens (tertiary/aromatic N) is 1. The van der Waals surface area contributed by atoms with Crippen LogP contribution in [0.5, 0.6) is 0 Å². The maximum absolute atomic E-state index is 8.92. The molecule has 0 spiro atoms. The molecule has 4 rings (SSSR count). The molecular formula is C18H15N3. The molecule has 102 valence electrons. The Morgan fingerprint density at radius 1 is 1.05 bits per heavy atom. The van der Waals surface area contributed by atoms with Crippen molar-refractivity contribution >= 4 is 10.9 Å². The summed E-state index contributed by atoms with van der Waals surface area (Å²) in [6.07, 6.45) is 1.05. The zero-order valence-electron chi connectivity index (χ0n) is 11.6. The SMILES string of the molecule is N#Cc1ccc([C@H]2NCCc3c2[nH]c2ccccc32)cc1. The fraction of sp³-hybridized carbons (Fsp3) is 0.167. The molecule has 1 aliphatic rings. The van der Waals surface area contributed by atoms with E-state index in [2.05, 4.69) is 40.6 Å². The highest BCUT2D eigenvalue weighted by atomic mass is 15.0. The van der Waals surface area contributed by atoms with Gasteiger partial charge < -0.3 is 10.3 Å². The Labute approximate surface area is 123 Å². The fourth-order valence-electron chi connectivity index (χ4n) is 3.21. The van der Waals surface area contributed by atoms with Gasteiger partial charge in [0.05, 0.1) is 17.7 Å². The topological polar surface area (TPSA) is 51.6 Å². The Hall–Kier alpha value is -2.57. The number of aromatic nitrogens is 1. The van der Waals surface area contributed by atoms with Crippen LogP contribution in [-0.2, 0) is 6.42 Å². The van der Waals surface area contributed by atoms with Crippen LogP contribution in [0.1, 0.15) is 28.4 Å².